The molecule has 0 heterocycles. The maximum absolute atomic E-state index is 12.0. The normalized spacial score (nSPS) is 22.6. The van der Waals surface area contributed by atoms with Crippen molar-refractivity contribution in [3.05, 3.63) is 35.9 Å². The molecule has 126 valence electrons. The molecule has 0 bridgehead atoms. The molecule has 4 heteroatoms. The van der Waals surface area contributed by atoms with E-state index in [0.717, 1.165) is 31.2 Å². The zero-order valence-corrected chi connectivity index (χ0v) is 14.8. The number of Topliss-reactive ketones (excluding diaryl/α,β-unsaturated/α-hetero) is 1. The lowest BCUT2D eigenvalue weighted by atomic mass is 9.80. The number of hydrogen-bond donors (Lipinski definition) is 0. The monoisotopic (exact) mass is 334 g/mol. The molecule has 1 aromatic carbocycles. The highest BCUT2D eigenvalue weighted by atomic mass is 32.2. The molecule has 23 heavy (non-hydrogen) atoms. The molecule has 3 atom stereocenters. The highest BCUT2D eigenvalue weighted by molar-refractivity contribution is 8.00. The standard InChI is InChI=1S/C19H26O3S/c1-14-8-9-17(18(20)10-14)11-15(2)23-13-19(21)22-12-16-6-4-3-5-7-16/h3-7,14-15,17H,8-13H2,1-2H3. The predicted octanol–water partition coefficient (Wildman–Crippen LogP) is 4.25. The lowest BCUT2D eigenvalue weighted by Crippen LogP contribution is -2.26. The van der Waals surface area contributed by atoms with Crippen LogP contribution in [-0.2, 0) is 20.9 Å². The van der Waals surface area contributed by atoms with Gasteiger partial charge in [-0.05, 0) is 30.7 Å². The summed E-state index contributed by atoms with van der Waals surface area (Å²) in [6.07, 6.45) is 3.75. The van der Waals surface area contributed by atoms with Gasteiger partial charge in [-0.3, -0.25) is 9.59 Å². The van der Waals surface area contributed by atoms with E-state index in [2.05, 4.69) is 13.8 Å². The summed E-state index contributed by atoms with van der Waals surface area (Å²) in [5, 5.41) is 0.307. The molecule has 1 fully saturated rings. The van der Waals surface area contributed by atoms with Crippen molar-refractivity contribution in [2.45, 2.75) is 51.4 Å². The van der Waals surface area contributed by atoms with Crippen molar-refractivity contribution < 1.29 is 14.3 Å². The van der Waals surface area contributed by atoms with E-state index >= 15 is 0 Å². The Morgan fingerprint density at radius 1 is 1.30 bits per heavy atom. The lowest BCUT2D eigenvalue weighted by Gasteiger charge is -2.26. The van der Waals surface area contributed by atoms with Gasteiger partial charge < -0.3 is 4.74 Å². The summed E-state index contributed by atoms with van der Waals surface area (Å²) in [4.78, 5) is 23.8. The summed E-state index contributed by atoms with van der Waals surface area (Å²) in [7, 11) is 0. The summed E-state index contributed by atoms with van der Waals surface area (Å²) in [6, 6.07) is 9.69. The molecule has 0 aromatic heterocycles. The van der Waals surface area contributed by atoms with Gasteiger partial charge in [-0.25, -0.2) is 0 Å². The number of ether oxygens (including phenoxy) is 1. The minimum absolute atomic E-state index is 0.186. The molecule has 1 aliphatic carbocycles. The van der Waals surface area contributed by atoms with Gasteiger partial charge in [-0.15, -0.1) is 11.8 Å². The molecule has 1 aromatic rings. The number of ketones is 1. The van der Waals surface area contributed by atoms with Crippen LogP contribution < -0.4 is 0 Å². The Morgan fingerprint density at radius 3 is 2.74 bits per heavy atom. The largest absolute Gasteiger partial charge is 0.460 e. The highest BCUT2D eigenvalue weighted by Crippen LogP contribution is 2.31. The van der Waals surface area contributed by atoms with Gasteiger partial charge in [-0.1, -0.05) is 44.2 Å². The molecule has 1 saturated carbocycles. The predicted molar refractivity (Wildman–Crippen MR) is 94.3 cm³/mol. The van der Waals surface area contributed by atoms with E-state index < -0.39 is 0 Å². The zero-order valence-electron chi connectivity index (χ0n) is 14.0. The second-order valence-electron chi connectivity index (χ2n) is 6.55. The van der Waals surface area contributed by atoms with Gasteiger partial charge in [0.25, 0.3) is 0 Å². The minimum atomic E-state index is -0.186. The van der Waals surface area contributed by atoms with Crippen LogP contribution in [0.4, 0.5) is 0 Å². The first-order chi connectivity index (χ1) is 11.0. The summed E-state index contributed by atoms with van der Waals surface area (Å²) < 4.78 is 5.28. The molecule has 2 rings (SSSR count). The van der Waals surface area contributed by atoms with Crippen LogP contribution in [0.15, 0.2) is 30.3 Å². The molecule has 0 spiro atoms. The molecule has 0 aliphatic heterocycles. The van der Waals surface area contributed by atoms with E-state index in [0.29, 0.717) is 29.3 Å². The van der Waals surface area contributed by atoms with Gasteiger partial charge >= 0.3 is 5.97 Å². The Hall–Kier alpha value is -1.29. The second-order valence-corrected chi connectivity index (χ2v) is 7.98. The number of carbonyl (C=O) groups is 2. The van der Waals surface area contributed by atoms with Crippen LogP contribution in [0, 0.1) is 11.8 Å². The van der Waals surface area contributed by atoms with Crippen molar-refractivity contribution in [2.24, 2.45) is 11.8 Å². The van der Waals surface area contributed by atoms with Crippen LogP contribution in [0.25, 0.3) is 0 Å². The molecule has 0 radical (unpaired) electrons. The van der Waals surface area contributed by atoms with E-state index in [1.165, 1.54) is 0 Å². The third-order valence-electron chi connectivity index (χ3n) is 4.36. The van der Waals surface area contributed by atoms with Crippen LogP contribution in [0.3, 0.4) is 0 Å². The van der Waals surface area contributed by atoms with Gasteiger partial charge in [-0.2, -0.15) is 0 Å². The first-order valence-corrected chi connectivity index (χ1v) is 9.43. The van der Waals surface area contributed by atoms with Crippen LogP contribution in [0.1, 0.15) is 45.1 Å². The Morgan fingerprint density at radius 2 is 2.04 bits per heavy atom. The average Bonchev–Trinajstić information content (AvgIpc) is 2.54. The van der Waals surface area contributed by atoms with Crippen molar-refractivity contribution in [3.63, 3.8) is 0 Å². The molecule has 0 amide bonds. The number of rotatable bonds is 7. The van der Waals surface area contributed by atoms with Gasteiger partial charge in [0, 0.05) is 17.6 Å². The maximum atomic E-state index is 12.0. The molecular weight excluding hydrogens is 308 g/mol. The molecule has 1 aliphatic rings. The number of thioether (sulfide) groups is 1. The quantitative estimate of drug-likeness (QED) is 0.699. The Kier molecular flexibility index (Phi) is 7.15. The van der Waals surface area contributed by atoms with Crippen molar-refractivity contribution in [3.8, 4) is 0 Å². The van der Waals surface area contributed by atoms with E-state index in [1.807, 2.05) is 30.3 Å². The number of hydrogen-bond acceptors (Lipinski definition) is 4. The Balaban J connectivity index is 1.64. The van der Waals surface area contributed by atoms with Crippen LogP contribution in [0.2, 0.25) is 0 Å². The fourth-order valence-electron chi connectivity index (χ4n) is 2.97. The lowest BCUT2D eigenvalue weighted by molar-refractivity contribution is -0.141. The highest BCUT2D eigenvalue weighted by Gasteiger charge is 2.27. The van der Waals surface area contributed by atoms with E-state index in [9.17, 15) is 9.59 Å². The third-order valence-corrected chi connectivity index (χ3v) is 5.52. The minimum Gasteiger partial charge on any atom is -0.460 e. The molecule has 0 saturated heterocycles. The average molecular weight is 334 g/mol. The fraction of sp³-hybridized carbons (Fsp3) is 0.579. The third kappa shape index (κ3) is 6.38. The summed E-state index contributed by atoms with van der Waals surface area (Å²) in [6.45, 7) is 4.57. The fourth-order valence-corrected chi connectivity index (χ4v) is 3.84. The molecule has 3 nitrogen and oxygen atoms in total. The van der Waals surface area contributed by atoms with Crippen LogP contribution >= 0.6 is 11.8 Å². The topological polar surface area (TPSA) is 43.4 Å². The number of carbonyl (C=O) groups excluding carboxylic acids is 2. The number of benzene rings is 1. The first kappa shape index (κ1) is 18.1. The first-order valence-electron chi connectivity index (χ1n) is 8.38. The maximum Gasteiger partial charge on any atom is 0.316 e. The molecule has 3 unspecified atom stereocenters. The summed E-state index contributed by atoms with van der Waals surface area (Å²) in [5.41, 5.74) is 1.00. The Labute approximate surface area is 143 Å². The van der Waals surface area contributed by atoms with Gasteiger partial charge in [0.15, 0.2) is 0 Å². The molecule has 0 N–H and O–H groups in total. The van der Waals surface area contributed by atoms with Crippen molar-refractivity contribution in [1.82, 2.24) is 0 Å². The van der Waals surface area contributed by atoms with E-state index in [4.69, 9.17) is 4.74 Å². The van der Waals surface area contributed by atoms with Gasteiger partial charge in [0.1, 0.15) is 12.4 Å². The van der Waals surface area contributed by atoms with E-state index in [-0.39, 0.29) is 11.9 Å². The van der Waals surface area contributed by atoms with Crippen LogP contribution in [0.5, 0.6) is 0 Å². The van der Waals surface area contributed by atoms with Crippen molar-refractivity contribution in [2.75, 3.05) is 5.75 Å². The summed E-state index contributed by atoms with van der Waals surface area (Å²) >= 11 is 1.59. The van der Waals surface area contributed by atoms with E-state index in [1.54, 1.807) is 11.8 Å². The number of esters is 1. The van der Waals surface area contributed by atoms with Gasteiger partial charge in [0.2, 0.25) is 0 Å². The van der Waals surface area contributed by atoms with Gasteiger partial charge in [0.05, 0.1) is 5.75 Å². The zero-order chi connectivity index (χ0) is 16.7. The Bertz CT molecular complexity index is 515. The second kappa shape index (κ2) is 9.11. The van der Waals surface area contributed by atoms with Crippen molar-refractivity contribution in [1.29, 1.82) is 0 Å². The molecular formula is C19H26O3S. The summed E-state index contributed by atoms with van der Waals surface area (Å²) in [5.74, 6) is 1.30. The van der Waals surface area contributed by atoms with Crippen molar-refractivity contribution >= 4 is 23.5 Å². The van der Waals surface area contributed by atoms with Crippen LogP contribution in [-0.4, -0.2) is 22.8 Å². The SMILES string of the molecule is CC1CCC(CC(C)SCC(=O)OCc2ccccc2)C(=O)C1. The smallest absolute Gasteiger partial charge is 0.316 e.